The highest BCUT2D eigenvalue weighted by atomic mass is 19.4. The van der Waals surface area contributed by atoms with Crippen LogP contribution in [0.2, 0.25) is 0 Å². The molecule has 0 radical (unpaired) electrons. The molecule has 4 rings (SSSR count). The van der Waals surface area contributed by atoms with Gasteiger partial charge in [0.25, 0.3) is 5.91 Å². The van der Waals surface area contributed by atoms with Crippen LogP contribution in [0.1, 0.15) is 32.6 Å². The van der Waals surface area contributed by atoms with Crippen molar-refractivity contribution in [1.29, 1.82) is 0 Å². The molecule has 29 heavy (non-hydrogen) atoms. The molecule has 0 saturated carbocycles. The van der Waals surface area contributed by atoms with E-state index in [1.807, 2.05) is 30.3 Å². The van der Waals surface area contributed by atoms with E-state index in [0.29, 0.717) is 24.2 Å². The van der Waals surface area contributed by atoms with Crippen molar-refractivity contribution in [1.82, 2.24) is 9.88 Å². The zero-order valence-electron chi connectivity index (χ0n) is 15.4. The summed E-state index contributed by atoms with van der Waals surface area (Å²) in [6.07, 6.45) is -0.999. The van der Waals surface area contributed by atoms with E-state index in [9.17, 15) is 18.0 Å². The highest BCUT2D eigenvalue weighted by Gasteiger charge is 2.32. The lowest BCUT2D eigenvalue weighted by molar-refractivity contribution is -0.137. The highest BCUT2D eigenvalue weighted by Crippen LogP contribution is 2.32. The van der Waals surface area contributed by atoms with Gasteiger partial charge in [-0.25, -0.2) is 0 Å². The van der Waals surface area contributed by atoms with Crippen LogP contribution in [0.4, 0.5) is 18.9 Å². The first kappa shape index (κ1) is 19.0. The maximum atomic E-state index is 13.0. The largest absolute Gasteiger partial charge is 0.416 e. The first-order chi connectivity index (χ1) is 13.9. The van der Waals surface area contributed by atoms with Gasteiger partial charge >= 0.3 is 6.18 Å². The number of nitrogens with zero attached hydrogens (tertiary/aromatic N) is 2. The van der Waals surface area contributed by atoms with E-state index >= 15 is 0 Å². The smallest absolute Gasteiger partial charge is 0.380 e. The van der Waals surface area contributed by atoms with Crippen molar-refractivity contribution in [2.24, 2.45) is 0 Å². The van der Waals surface area contributed by atoms with Gasteiger partial charge in [-0.3, -0.25) is 9.78 Å². The summed E-state index contributed by atoms with van der Waals surface area (Å²) in [5, 5.41) is 3.28. The van der Waals surface area contributed by atoms with Gasteiger partial charge in [0, 0.05) is 37.7 Å². The second kappa shape index (κ2) is 7.58. The molecule has 0 fully saturated rings. The lowest BCUT2D eigenvalue weighted by Gasteiger charge is -2.17. The zero-order valence-corrected chi connectivity index (χ0v) is 15.4. The molecule has 0 saturated heterocycles. The number of carbonyl (C=O) groups excluding carboxylic acids is 1. The number of hydrogen-bond acceptors (Lipinski definition) is 3. The molecule has 0 spiro atoms. The summed E-state index contributed by atoms with van der Waals surface area (Å²) in [6.45, 7) is 1.04. The van der Waals surface area contributed by atoms with Gasteiger partial charge in [0.2, 0.25) is 0 Å². The Kier molecular flexibility index (Phi) is 4.96. The minimum Gasteiger partial charge on any atom is -0.380 e. The molecule has 0 aliphatic carbocycles. The van der Waals surface area contributed by atoms with Crippen LogP contribution >= 0.6 is 0 Å². The van der Waals surface area contributed by atoms with Crippen LogP contribution in [0.5, 0.6) is 0 Å². The second-order valence-corrected chi connectivity index (χ2v) is 6.91. The Morgan fingerprint density at radius 3 is 2.52 bits per heavy atom. The van der Waals surface area contributed by atoms with Crippen molar-refractivity contribution >= 4 is 11.6 Å². The molecule has 0 atom stereocenters. The minimum atomic E-state index is -4.40. The van der Waals surface area contributed by atoms with E-state index in [1.54, 1.807) is 23.4 Å². The summed E-state index contributed by atoms with van der Waals surface area (Å²) in [4.78, 5) is 18.5. The quantitative estimate of drug-likeness (QED) is 0.668. The number of fused-ring (bicyclic) bond motifs is 1. The number of anilines is 1. The Bertz CT molecular complexity index is 1030. The Morgan fingerprint density at radius 2 is 1.76 bits per heavy atom. The Morgan fingerprint density at radius 1 is 1.00 bits per heavy atom. The fourth-order valence-electron chi connectivity index (χ4n) is 3.46. The van der Waals surface area contributed by atoms with Gasteiger partial charge < -0.3 is 10.2 Å². The summed E-state index contributed by atoms with van der Waals surface area (Å²) in [5.41, 5.74) is 2.93. The predicted octanol–water partition coefficient (Wildman–Crippen LogP) is 4.87. The first-order valence-electron chi connectivity index (χ1n) is 9.12. The van der Waals surface area contributed by atoms with E-state index in [1.165, 1.54) is 6.07 Å². The summed E-state index contributed by atoms with van der Waals surface area (Å²) < 4.78 is 38.9. The first-order valence-corrected chi connectivity index (χ1v) is 9.12. The molecule has 0 bridgehead atoms. The number of amides is 1. The number of alkyl halides is 3. The van der Waals surface area contributed by atoms with Crippen molar-refractivity contribution in [2.75, 3.05) is 5.32 Å². The molecule has 1 aliphatic rings. The lowest BCUT2D eigenvalue weighted by atomic mass is 10.1. The van der Waals surface area contributed by atoms with Gasteiger partial charge in [0.1, 0.15) is 0 Å². The number of halogens is 3. The van der Waals surface area contributed by atoms with Crippen LogP contribution in [0.3, 0.4) is 0 Å². The van der Waals surface area contributed by atoms with Crippen LogP contribution < -0.4 is 5.32 Å². The molecule has 7 heteroatoms. The SMILES string of the molecule is O=C1c2c(cccc2NCc2ccncc2)CN1Cc1cccc(C(F)(F)F)c1. The van der Waals surface area contributed by atoms with Crippen LogP contribution in [0, 0.1) is 0 Å². The zero-order chi connectivity index (χ0) is 20.4. The van der Waals surface area contributed by atoms with Gasteiger partial charge in [-0.15, -0.1) is 0 Å². The maximum Gasteiger partial charge on any atom is 0.416 e. The maximum absolute atomic E-state index is 13.0. The molecule has 1 aromatic heterocycles. The normalized spacial score (nSPS) is 13.5. The Balaban J connectivity index is 1.52. The van der Waals surface area contributed by atoms with Gasteiger partial charge in [0.15, 0.2) is 0 Å². The highest BCUT2D eigenvalue weighted by molar-refractivity contribution is 6.03. The van der Waals surface area contributed by atoms with Crippen molar-refractivity contribution in [3.8, 4) is 0 Å². The van der Waals surface area contributed by atoms with E-state index in [0.717, 1.165) is 28.9 Å². The Labute approximate surface area is 166 Å². The molecule has 1 N–H and O–H groups in total. The molecule has 3 aromatic rings. The van der Waals surface area contributed by atoms with Crippen LogP contribution in [-0.4, -0.2) is 15.8 Å². The van der Waals surface area contributed by atoms with Crippen LogP contribution in [0.25, 0.3) is 0 Å². The number of nitrogens with one attached hydrogen (secondary N) is 1. The third-order valence-electron chi connectivity index (χ3n) is 4.87. The molecule has 2 aromatic carbocycles. The fraction of sp³-hybridized carbons (Fsp3) is 0.182. The number of pyridine rings is 1. The monoisotopic (exact) mass is 397 g/mol. The Hall–Kier alpha value is -3.35. The van der Waals surface area contributed by atoms with Crippen LogP contribution in [-0.2, 0) is 25.8 Å². The molecule has 2 heterocycles. The number of aromatic nitrogens is 1. The molecular weight excluding hydrogens is 379 g/mol. The van der Waals surface area contributed by atoms with Crippen molar-refractivity contribution in [3.05, 3.63) is 94.8 Å². The lowest BCUT2D eigenvalue weighted by Crippen LogP contribution is -2.24. The fourth-order valence-corrected chi connectivity index (χ4v) is 3.46. The topological polar surface area (TPSA) is 45.2 Å². The molecule has 1 aliphatic heterocycles. The van der Waals surface area contributed by atoms with Gasteiger partial charge in [0.05, 0.1) is 11.1 Å². The van der Waals surface area contributed by atoms with Gasteiger partial charge in [-0.05, 0) is 47.0 Å². The van der Waals surface area contributed by atoms with Crippen molar-refractivity contribution in [3.63, 3.8) is 0 Å². The standard InChI is InChI=1S/C22H18F3N3O/c23-22(24,25)18-5-1-3-16(11-18)13-28-14-17-4-2-6-19(20(17)21(28)29)27-12-15-7-9-26-10-8-15/h1-11,27H,12-14H2. The summed E-state index contributed by atoms with van der Waals surface area (Å²) in [5.74, 6) is -0.185. The molecule has 4 nitrogen and oxygen atoms in total. The number of rotatable bonds is 5. The average Bonchev–Trinajstić information content (AvgIpc) is 3.03. The summed E-state index contributed by atoms with van der Waals surface area (Å²) >= 11 is 0. The van der Waals surface area contributed by atoms with Gasteiger partial charge in [-0.2, -0.15) is 13.2 Å². The third-order valence-corrected chi connectivity index (χ3v) is 4.87. The van der Waals surface area contributed by atoms with Crippen molar-refractivity contribution in [2.45, 2.75) is 25.8 Å². The minimum absolute atomic E-state index is 0.126. The van der Waals surface area contributed by atoms with Crippen molar-refractivity contribution < 1.29 is 18.0 Å². The van der Waals surface area contributed by atoms with E-state index in [4.69, 9.17) is 0 Å². The second-order valence-electron chi connectivity index (χ2n) is 6.91. The van der Waals surface area contributed by atoms with Gasteiger partial charge in [-0.1, -0.05) is 24.3 Å². The molecule has 148 valence electrons. The number of benzene rings is 2. The predicted molar refractivity (Wildman–Crippen MR) is 103 cm³/mol. The number of carbonyl (C=O) groups is 1. The average molecular weight is 397 g/mol. The van der Waals surface area contributed by atoms with E-state index in [-0.39, 0.29) is 12.5 Å². The van der Waals surface area contributed by atoms with Crippen LogP contribution in [0.15, 0.2) is 67.0 Å². The summed E-state index contributed by atoms with van der Waals surface area (Å²) in [7, 11) is 0. The van der Waals surface area contributed by atoms with E-state index in [2.05, 4.69) is 10.3 Å². The number of hydrogen-bond donors (Lipinski definition) is 1. The van der Waals surface area contributed by atoms with E-state index < -0.39 is 11.7 Å². The molecule has 0 unspecified atom stereocenters. The third kappa shape index (κ3) is 4.08. The molecular formula is C22H18F3N3O. The molecule has 1 amide bonds. The summed E-state index contributed by atoms with van der Waals surface area (Å²) in [6, 6.07) is 14.5.